The summed E-state index contributed by atoms with van der Waals surface area (Å²) < 4.78 is 0. The van der Waals surface area contributed by atoms with Gasteiger partial charge in [-0.15, -0.1) is 0 Å². The zero-order valence-corrected chi connectivity index (χ0v) is 8.98. The Hall–Kier alpha value is -0.810. The molecule has 0 radical (unpaired) electrons. The third-order valence-corrected chi connectivity index (χ3v) is 2.28. The fourth-order valence-corrected chi connectivity index (χ4v) is 1.26. The van der Waals surface area contributed by atoms with E-state index in [1.165, 1.54) is 0 Å². The van der Waals surface area contributed by atoms with E-state index in [-0.39, 0.29) is 18.5 Å². The number of oxime groups is 1. The SMILES string of the molecule is CCCCN(CCO)C(C)C(N)=NO. The lowest BCUT2D eigenvalue weighted by Crippen LogP contribution is -2.44. The minimum Gasteiger partial charge on any atom is -0.409 e. The first-order valence-electron chi connectivity index (χ1n) is 4.99. The van der Waals surface area contributed by atoms with Crippen molar-refractivity contribution in [2.45, 2.75) is 32.7 Å². The largest absolute Gasteiger partial charge is 0.409 e. The molecule has 0 bridgehead atoms. The Morgan fingerprint density at radius 1 is 1.50 bits per heavy atom. The Balaban J connectivity index is 4.16. The minimum atomic E-state index is -0.126. The monoisotopic (exact) mass is 203 g/mol. The van der Waals surface area contributed by atoms with Crippen LogP contribution in [-0.2, 0) is 0 Å². The molecule has 0 aromatic heterocycles. The first-order valence-corrected chi connectivity index (χ1v) is 4.99. The third kappa shape index (κ3) is 4.43. The quantitative estimate of drug-likeness (QED) is 0.239. The summed E-state index contributed by atoms with van der Waals surface area (Å²) in [4.78, 5) is 2.00. The minimum absolute atomic E-state index is 0.0900. The van der Waals surface area contributed by atoms with E-state index in [1.54, 1.807) is 0 Å². The summed E-state index contributed by atoms with van der Waals surface area (Å²) in [7, 11) is 0. The summed E-state index contributed by atoms with van der Waals surface area (Å²) in [5.74, 6) is 0.189. The molecule has 0 aliphatic rings. The standard InChI is InChI=1S/C9H21N3O2/c1-3-4-5-12(6-7-13)8(2)9(10)11-14/h8,13-14H,3-7H2,1-2H3,(H2,10,11). The van der Waals surface area contributed by atoms with Crippen molar-refractivity contribution >= 4 is 5.84 Å². The number of rotatable bonds is 7. The van der Waals surface area contributed by atoms with Crippen LogP contribution in [-0.4, -0.2) is 46.8 Å². The number of hydrogen-bond donors (Lipinski definition) is 3. The molecule has 84 valence electrons. The number of unbranched alkanes of at least 4 members (excludes halogenated alkanes) is 1. The van der Waals surface area contributed by atoms with Gasteiger partial charge in [-0.3, -0.25) is 4.90 Å². The Labute approximate surface area is 85.2 Å². The lowest BCUT2D eigenvalue weighted by molar-refractivity contribution is 0.179. The predicted molar refractivity (Wildman–Crippen MR) is 56.4 cm³/mol. The van der Waals surface area contributed by atoms with Gasteiger partial charge in [0.15, 0.2) is 5.84 Å². The summed E-state index contributed by atoms with van der Waals surface area (Å²) >= 11 is 0. The van der Waals surface area contributed by atoms with E-state index in [1.807, 2.05) is 11.8 Å². The molecule has 4 N–H and O–H groups in total. The van der Waals surface area contributed by atoms with Gasteiger partial charge in [0.05, 0.1) is 12.6 Å². The summed E-state index contributed by atoms with van der Waals surface area (Å²) in [6.07, 6.45) is 2.13. The maximum Gasteiger partial charge on any atom is 0.156 e. The highest BCUT2D eigenvalue weighted by Crippen LogP contribution is 2.01. The number of hydrogen-bond acceptors (Lipinski definition) is 4. The van der Waals surface area contributed by atoms with Gasteiger partial charge < -0.3 is 16.0 Å². The molecule has 0 aliphatic heterocycles. The zero-order chi connectivity index (χ0) is 11.0. The lowest BCUT2D eigenvalue weighted by Gasteiger charge is -2.27. The van der Waals surface area contributed by atoms with Crippen LogP contribution in [0.5, 0.6) is 0 Å². The van der Waals surface area contributed by atoms with Crippen molar-refractivity contribution in [2.75, 3.05) is 19.7 Å². The maximum absolute atomic E-state index is 8.85. The molecule has 1 atom stereocenters. The van der Waals surface area contributed by atoms with E-state index in [2.05, 4.69) is 12.1 Å². The third-order valence-electron chi connectivity index (χ3n) is 2.28. The van der Waals surface area contributed by atoms with E-state index in [0.717, 1.165) is 19.4 Å². The van der Waals surface area contributed by atoms with E-state index >= 15 is 0 Å². The van der Waals surface area contributed by atoms with E-state index in [4.69, 9.17) is 16.0 Å². The molecule has 0 aliphatic carbocycles. The molecule has 0 amide bonds. The van der Waals surface area contributed by atoms with E-state index in [9.17, 15) is 0 Å². The van der Waals surface area contributed by atoms with Crippen LogP contribution >= 0.6 is 0 Å². The second-order valence-electron chi connectivity index (χ2n) is 3.31. The molecular weight excluding hydrogens is 182 g/mol. The van der Waals surface area contributed by atoms with E-state index in [0.29, 0.717) is 6.54 Å². The van der Waals surface area contributed by atoms with Gasteiger partial charge in [0.25, 0.3) is 0 Å². The Morgan fingerprint density at radius 3 is 2.57 bits per heavy atom. The lowest BCUT2D eigenvalue weighted by atomic mass is 10.2. The highest BCUT2D eigenvalue weighted by atomic mass is 16.4. The molecule has 1 unspecified atom stereocenters. The molecule has 0 spiro atoms. The van der Waals surface area contributed by atoms with Gasteiger partial charge >= 0.3 is 0 Å². The number of nitrogens with zero attached hydrogens (tertiary/aromatic N) is 2. The number of aliphatic hydroxyl groups is 1. The van der Waals surface area contributed by atoms with Crippen molar-refractivity contribution in [3.63, 3.8) is 0 Å². The highest BCUT2D eigenvalue weighted by molar-refractivity contribution is 5.84. The maximum atomic E-state index is 8.85. The molecular formula is C9H21N3O2. The van der Waals surface area contributed by atoms with Crippen molar-refractivity contribution in [2.24, 2.45) is 10.9 Å². The van der Waals surface area contributed by atoms with Crippen molar-refractivity contribution in [1.82, 2.24) is 4.90 Å². The van der Waals surface area contributed by atoms with Crippen molar-refractivity contribution in [3.05, 3.63) is 0 Å². The molecule has 5 nitrogen and oxygen atoms in total. The van der Waals surface area contributed by atoms with Crippen LogP contribution in [0.3, 0.4) is 0 Å². The van der Waals surface area contributed by atoms with E-state index < -0.39 is 0 Å². The van der Waals surface area contributed by atoms with Gasteiger partial charge in [0, 0.05) is 6.54 Å². The molecule has 0 fully saturated rings. The van der Waals surface area contributed by atoms with Gasteiger partial charge in [-0.1, -0.05) is 18.5 Å². The smallest absolute Gasteiger partial charge is 0.156 e. The van der Waals surface area contributed by atoms with Crippen LogP contribution in [0, 0.1) is 0 Å². The molecule has 0 aromatic rings. The van der Waals surface area contributed by atoms with Crippen molar-refractivity contribution in [3.8, 4) is 0 Å². The van der Waals surface area contributed by atoms with Crippen LogP contribution in [0.25, 0.3) is 0 Å². The van der Waals surface area contributed by atoms with Crippen molar-refractivity contribution in [1.29, 1.82) is 0 Å². The van der Waals surface area contributed by atoms with Gasteiger partial charge in [-0.05, 0) is 19.9 Å². The fraction of sp³-hybridized carbons (Fsp3) is 0.889. The number of amidine groups is 1. The van der Waals surface area contributed by atoms with Crippen LogP contribution < -0.4 is 5.73 Å². The van der Waals surface area contributed by atoms with Gasteiger partial charge in [0.1, 0.15) is 0 Å². The second kappa shape index (κ2) is 7.58. The average molecular weight is 203 g/mol. The summed E-state index contributed by atoms with van der Waals surface area (Å²) in [6.45, 7) is 5.46. The van der Waals surface area contributed by atoms with Gasteiger partial charge in [-0.2, -0.15) is 0 Å². The van der Waals surface area contributed by atoms with Crippen LogP contribution in [0.1, 0.15) is 26.7 Å². The summed E-state index contributed by atoms with van der Waals surface area (Å²) in [5, 5.41) is 20.3. The molecule has 0 aromatic carbocycles. The van der Waals surface area contributed by atoms with Crippen molar-refractivity contribution < 1.29 is 10.3 Å². The fourth-order valence-electron chi connectivity index (χ4n) is 1.26. The highest BCUT2D eigenvalue weighted by Gasteiger charge is 2.16. The summed E-state index contributed by atoms with van der Waals surface area (Å²) in [5.41, 5.74) is 5.50. The average Bonchev–Trinajstić information content (AvgIpc) is 2.22. The Morgan fingerprint density at radius 2 is 2.14 bits per heavy atom. The molecule has 0 heterocycles. The number of nitrogens with two attached hydrogens (primary N) is 1. The Bertz CT molecular complexity index is 173. The van der Waals surface area contributed by atoms with Crippen LogP contribution in [0.2, 0.25) is 0 Å². The summed E-state index contributed by atoms with van der Waals surface area (Å²) in [6, 6.07) is -0.126. The second-order valence-corrected chi connectivity index (χ2v) is 3.31. The topological polar surface area (TPSA) is 82.1 Å². The molecule has 14 heavy (non-hydrogen) atoms. The zero-order valence-electron chi connectivity index (χ0n) is 8.98. The molecule has 5 heteroatoms. The first-order chi connectivity index (χ1) is 6.67. The van der Waals surface area contributed by atoms with Crippen LogP contribution in [0.15, 0.2) is 5.16 Å². The predicted octanol–water partition coefficient (Wildman–Crippen LogP) is 0.216. The normalized spacial score (nSPS) is 14.7. The first kappa shape index (κ1) is 13.2. The Kier molecular flexibility index (Phi) is 7.14. The van der Waals surface area contributed by atoms with Gasteiger partial charge in [0.2, 0.25) is 0 Å². The molecule has 0 saturated carbocycles. The van der Waals surface area contributed by atoms with Gasteiger partial charge in [-0.25, -0.2) is 0 Å². The van der Waals surface area contributed by atoms with Crippen LogP contribution in [0.4, 0.5) is 0 Å². The molecule has 0 rings (SSSR count). The number of aliphatic hydroxyl groups excluding tert-OH is 1. The molecule has 0 saturated heterocycles.